The van der Waals surface area contributed by atoms with E-state index in [1.807, 2.05) is 11.5 Å². The Bertz CT molecular complexity index is 472. The van der Waals surface area contributed by atoms with Crippen LogP contribution in [0.5, 0.6) is 0 Å². The highest BCUT2D eigenvalue weighted by atomic mass is 32.2. The molecule has 0 bridgehead atoms. The Hall–Kier alpha value is -0.920. The fourth-order valence-electron chi connectivity index (χ4n) is 2.04. The van der Waals surface area contributed by atoms with Crippen molar-refractivity contribution in [2.45, 2.75) is 37.8 Å². The molecule has 0 aliphatic carbocycles. The highest BCUT2D eigenvalue weighted by molar-refractivity contribution is 7.89. The number of aryl methyl sites for hydroxylation is 2. The minimum atomic E-state index is -3.46. The average molecular weight is 272 g/mol. The minimum absolute atomic E-state index is 0.149. The van der Waals surface area contributed by atoms with Gasteiger partial charge in [-0.3, -0.25) is 0 Å². The molecule has 0 saturated carbocycles. The van der Waals surface area contributed by atoms with Gasteiger partial charge in [0, 0.05) is 32.3 Å². The van der Waals surface area contributed by atoms with Gasteiger partial charge in [0.2, 0.25) is 0 Å². The molecule has 2 rings (SSSR count). The lowest BCUT2D eigenvalue weighted by atomic mass is 10.2. The third-order valence-electron chi connectivity index (χ3n) is 3.01. The molecule has 6 nitrogen and oxygen atoms in total. The number of aromatic nitrogens is 2. The number of rotatable bonds is 6. The molecule has 2 heterocycles. The summed E-state index contributed by atoms with van der Waals surface area (Å²) in [6, 6.07) is 0. The molecule has 0 spiro atoms. The Balaban J connectivity index is 2.03. The van der Waals surface area contributed by atoms with Gasteiger partial charge < -0.3 is 9.88 Å². The topological polar surface area (TPSA) is 76.0 Å². The summed E-state index contributed by atoms with van der Waals surface area (Å²) < 4.78 is 28.5. The van der Waals surface area contributed by atoms with Crippen LogP contribution in [0.2, 0.25) is 0 Å². The molecule has 2 N–H and O–H groups in total. The summed E-state index contributed by atoms with van der Waals surface area (Å²) in [6.07, 6.45) is 4.69. The first-order chi connectivity index (χ1) is 8.63. The second kappa shape index (κ2) is 5.81. The van der Waals surface area contributed by atoms with Crippen molar-refractivity contribution in [1.82, 2.24) is 19.6 Å². The van der Waals surface area contributed by atoms with Gasteiger partial charge in [0.25, 0.3) is 10.0 Å². The lowest BCUT2D eigenvalue weighted by Crippen LogP contribution is -2.32. The van der Waals surface area contributed by atoms with Gasteiger partial charge in [0.1, 0.15) is 5.82 Å². The number of fused-ring (bicyclic) bond motifs is 1. The molecule has 0 atom stereocenters. The minimum Gasteiger partial charge on any atom is -0.333 e. The van der Waals surface area contributed by atoms with Gasteiger partial charge in [-0.05, 0) is 19.4 Å². The largest absolute Gasteiger partial charge is 0.333 e. The quantitative estimate of drug-likeness (QED) is 0.721. The van der Waals surface area contributed by atoms with Gasteiger partial charge in [-0.15, -0.1) is 0 Å². The van der Waals surface area contributed by atoms with E-state index in [9.17, 15) is 8.42 Å². The van der Waals surface area contributed by atoms with Crippen LogP contribution in [-0.4, -0.2) is 37.6 Å². The van der Waals surface area contributed by atoms with E-state index >= 15 is 0 Å². The maximum absolute atomic E-state index is 12.0. The Labute approximate surface area is 108 Å². The van der Waals surface area contributed by atoms with Crippen LogP contribution in [0, 0.1) is 0 Å². The van der Waals surface area contributed by atoms with Crippen LogP contribution in [0.4, 0.5) is 0 Å². The van der Waals surface area contributed by atoms with Crippen molar-refractivity contribution in [2.75, 3.05) is 19.6 Å². The monoisotopic (exact) mass is 272 g/mol. The van der Waals surface area contributed by atoms with E-state index in [1.54, 1.807) is 6.20 Å². The van der Waals surface area contributed by atoms with Gasteiger partial charge in [0.15, 0.2) is 5.03 Å². The summed E-state index contributed by atoms with van der Waals surface area (Å²) in [7, 11) is -3.46. The summed E-state index contributed by atoms with van der Waals surface area (Å²) >= 11 is 0. The predicted molar refractivity (Wildman–Crippen MR) is 68.9 cm³/mol. The summed E-state index contributed by atoms with van der Waals surface area (Å²) in [6.45, 7) is 4.70. The van der Waals surface area contributed by atoms with Gasteiger partial charge in [-0.1, -0.05) is 6.92 Å². The van der Waals surface area contributed by atoms with E-state index in [0.717, 1.165) is 38.2 Å². The number of hydrogen-bond acceptors (Lipinski definition) is 4. The normalized spacial score (nSPS) is 15.6. The van der Waals surface area contributed by atoms with Crippen LogP contribution in [0.3, 0.4) is 0 Å². The SMILES string of the molecule is CCNCCNS(=O)(=O)c1cn2c(n1)CCCC2. The predicted octanol–water partition coefficient (Wildman–Crippen LogP) is 0.107. The molecule has 1 aliphatic rings. The zero-order chi connectivity index (χ0) is 13.0. The van der Waals surface area contributed by atoms with Crippen molar-refractivity contribution in [1.29, 1.82) is 0 Å². The van der Waals surface area contributed by atoms with E-state index in [4.69, 9.17) is 0 Å². The summed E-state index contributed by atoms with van der Waals surface area (Å²) in [4.78, 5) is 4.21. The van der Waals surface area contributed by atoms with Crippen molar-refractivity contribution >= 4 is 10.0 Å². The molecule has 0 saturated heterocycles. The van der Waals surface area contributed by atoms with Crippen molar-refractivity contribution in [3.8, 4) is 0 Å². The van der Waals surface area contributed by atoms with E-state index in [-0.39, 0.29) is 5.03 Å². The zero-order valence-corrected chi connectivity index (χ0v) is 11.5. The van der Waals surface area contributed by atoms with Crippen molar-refractivity contribution in [2.24, 2.45) is 0 Å². The zero-order valence-electron chi connectivity index (χ0n) is 10.6. The molecule has 102 valence electrons. The highest BCUT2D eigenvalue weighted by Crippen LogP contribution is 2.16. The maximum Gasteiger partial charge on any atom is 0.259 e. The molecule has 0 aromatic carbocycles. The molecular weight excluding hydrogens is 252 g/mol. The molecule has 0 fully saturated rings. The fourth-order valence-corrected chi connectivity index (χ4v) is 3.05. The lowest BCUT2D eigenvalue weighted by molar-refractivity contribution is 0.522. The molecule has 1 aromatic heterocycles. The van der Waals surface area contributed by atoms with Gasteiger partial charge >= 0.3 is 0 Å². The highest BCUT2D eigenvalue weighted by Gasteiger charge is 2.21. The van der Waals surface area contributed by atoms with E-state index in [0.29, 0.717) is 13.1 Å². The van der Waals surface area contributed by atoms with Crippen molar-refractivity contribution in [3.05, 3.63) is 12.0 Å². The number of nitrogens with zero attached hydrogens (tertiary/aromatic N) is 2. The number of likely N-dealkylation sites (N-methyl/N-ethyl adjacent to an activating group) is 1. The second-order valence-electron chi connectivity index (χ2n) is 4.40. The van der Waals surface area contributed by atoms with Crippen LogP contribution < -0.4 is 10.0 Å². The Kier molecular flexibility index (Phi) is 4.36. The smallest absolute Gasteiger partial charge is 0.259 e. The third kappa shape index (κ3) is 3.09. The molecule has 18 heavy (non-hydrogen) atoms. The first-order valence-corrected chi connectivity index (χ1v) is 7.88. The Morgan fingerprint density at radius 3 is 2.94 bits per heavy atom. The Morgan fingerprint density at radius 2 is 2.22 bits per heavy atom. The first-order valence-electron chi connectivity index (χ1n) is 6.40. The van der Waals surface area contributed by atoms with Crippen molar-refractivity contribution < 1.29 is 8.42 Å². The van der Waals surface area contributed by atoms with Crippen molar-refractivity contribution in [3.63, 3.8) is 0 Å². The molecule has 1 aromatic rings. The van der Waals surface area contributed by atoms with Gasteiger partial charge in [-0.25, -0.2) is 18.1 Å². The number of nitrogens with one attached hydrogen (secondary N) is 2. The number of sulfonamides is 1. The van der Waals surface area contributed by atoms with Crippen LogP contribution in [0.1, 0.15) is 25.6 Å². The van der Waals surface area contributed by atoms with E-state index < -0.39 is 10.0 Å². The lowest BCUT2D eigenvalue weighted by Gasteiger charge is -2.11. The fraction of sp³-hybridized carbons (Fsp3) is 0.727. The first kappa shape index (κ1) is 13.5. The van der Waals surface area contributed by atoms with E-state index in [1.165, 1.54) is 0 Å². The standard InChI is InChI=1S/C11H20N4O2S/c1-2-12-6-7-13-18(16,17)11-9-15-8-4-3-5-10(15)14-11/h9,12-13H,2-8H2,1H3. The summed E-state index contributed by atoms with van der Waals surface area (Å²) in [5.74, 6) is 0.883. The molecule has 0 radical (unpaired) electrons. The van der Waals surface area contributed by atoms with Crippen LogP contribution in [-0.2, 0) is 23.0 Å². The Morgan fingerprint density at radius 1 is 1.39 bits per heavy atom. The van der Waals surface area contributed by atoms with Crippen LogP contribution in [0.25, 0.3) is 0 Å². The average Bonchev–Trinajstić information content (AvgIpc) is 2.79. The molecular formula is C11H20N4O2S. The number of imidazole rings is 1. The second-order valence-corrected chi connectivity index (χ2v) is 6.11. The molecule has 0 amide bonds. The maximum atomic E-state index is 12.0. The molecule has 0 unspecified atom stereocenters. The van der Waals surface area contributed by atoms with Gasteiger partial charge in [-0.2, -0.15) is 0 Å². The number of hydrogen-bond donors (Lipinski definition) is 2. The van der Waals surface area contributed by atoms with E-state index in [2.05, 4.69) is 15.0 Å². The van der Waals surface area contributed by atoms with Crippen LogP contribution in [0.15, 0.2) is 11.2 Å². The molecule has 1 aliphatic heterocycles. The third-order valence-corrected chi connectivity index (χ3v) is 4.34. The van der Waals surface area contributed by atoms with Gasteiger partial charge in [0.05, 0.1) is 0 Å². The van der Waals surface area contributed by atoms with Crippen LogP contribution >= 0.6 is 0 Å². The summed E-state index contributed by atoms with van der Waals surface area (Å²) in [5, 5.41) is 3.22. The molecule has 7 heteroatoms. The summed E-state index contributed by atoms with van der Waals surface area (Å²) in [5.41, 5.74) is 0.